The zero-order valence-electron chi connectivity index (χ0n) is 32.6. The fraction of sp³-hybridized carbons (Fsp3) is 0.185. The van der Waals surface area contributed by atoms with Gasteiger partial charge in [0.25, 0.3) is 0 Å². The normalized spacial score (nSPS) is 21.9. The van der Waals surface area contributed by atoms with Gasteiger partial charge < -0.3 is 4.42 Å². The first-order valence-corrected chi connectivity index (χ1v) is 21.0. The first kappa shape index (κ1) is 34.2. The fourth-order valence-electron chi connectivity index (χ4n) is 11.8. The predicted octanol–water partition coefficient (Wildman–Crippen LogP) is 13.2. The van der Waals surface area contributed by atoms with E-state index >= 15 is 0 Å². The third kappa shape index (κ3) is 5.33. The van der Waals surface area contributed by atoms with E-state index in [1.807, 2.05) is 60.7 Å². The first-order chi connectivity index (χ1) is 29.1. The Morgan fingerprint density at radius 2 is 1.00 bits per heavy atom. The van der Waals surface area contributed by atoms with Crippen molar-refractivity contribution in [2.24, 2.45) is 23.7 Å². The van der Waals surface area contributed by atoms with Crippen molar-refractivity contribution < 1.29 is 4.42 Å². The molecule has 59 heavy (non-hydrogen) atoms. The van der Waals surface area contributed by atoms with Crippen molar-refractivity contribution in [2.75, 3.05) is 0 Å². The number of fused-ring (bicyclic) bond motifs is 4. The van der Waals surface area contributed by atoms with E-state index in [9.17, 15) is 5.26 Å². The summed E-state index contributed by atoms with van der Waals surface area (Å²) in [5.41, 5.74) is 10.3. The van der Waals surface area contributed by atoms with Crippen molar-refractivity contribution >= 4 is 32.7 Å². The second-order valence-electron chi connectivity index (χ2n) is 17.1. The lowest BCUT2D eigenvalue weighted by atomic mass is 9.42. The molecule has 9 aromatic rings. The van der Waals surface area contributed by atoms with E-state index in [-0.39, 0.29) is 5.41 Å². The van der Waals surface area contributed by atoms with E-state index in [4.69, 9.17) is 19.4 Å². The molecule has 4 bridgehead atoms. The molecular weight excluding hydrogens is 721 g/mol. The van der Waals surface area contributed by atoms with Gasteiger partial charge in [0.15, 0.2) is 17.5 Å². The summed E-state index contributed by atoms with van der Waals surface area (Å²) in [4.78, 5) is 15.4. The molecule has 0 spiro atoms. The van der Waals surface area contributed by atoms with Crippen molar-refractivity contribution in [3.8, 4) is 51.4 Å². The molecule has 5 heteroatoms. The van der Waals surface area contributed by atoms with Gasteiger partial charge in [-0.15, -0.1) is 0 Å². The summed E-state index contributed by atoms with van der Waals surface area (Å²) in [6, 6.07) is 58.0. The van der Waals surface area contributed by atoms with Crippen LogP contribution in [0.25, 0.3) is 78.0 Å². The van der Waals surface area contributed by atoms with Crippen LogP contribution in [0.5, 0.6) is 0 Å². The Morgan fingerprint density at radius 1 is 0.458 bits per heavy atom. The lowest BCUT2D eigenvalue weighted by Gasteiger charge is -2.62. The van der Waals surface area contributed by atoms with Gasteiger partial charge in [0.1, 0.15) is 11.2 Å². The van der Waals surface area contributed by atoms with E-state index in [0.29, 0.717) is 34.9 Å². The molecule has 0 unspecified atom stereocenters. The van der Waals surface area contributed by atoms with E-state index in [0.717, 1.165) is 61.2 Å². The highest BCUT2D eigenvalue weighted by Gasteiger charge is 2.58. The Bertz CT molecular complexity index is 3090. The predicted molar refractivity (Wildman–Crippen MR) is 235 cm³/mol. The van der Waals surface area contributed by atoms with Gasteiger partial charge in [-0.05, 0) is 102 Å². The number of benzene rings is 7. The molecule has 5 nitrogen and oxygen atoms in total. The SMILES string of the molecule is N#Cc1cccc2c(-c3ccc(C4(c5ccc(-c6nc(-c7ccccc7)nc(-c7cccc8oc9ccccc9c78)n6)cc5)C5CC6CC(C5)CC4C6)cc3)cccc12. The highest BCUT2D eigenvalue weighted by Crippen LogP contribution is 2.65. The molecule has 4 aliphatic rings. The molecule has 0 saturated heterocycles. The molecule has 0 aliphatic heterocycles. The van der Waals surface area contributed by atoms with Crippen LogP contribution in [0, 0.1) is 35.0 Å². The molecule has 4 aliphatic carbocycles. The molecule has 2 aromatic heterocycles. The second kappa shape index (κ2) is 13.3. The van der Waals surface area contributed by atoms with Crippen LogP contribution >= 0.6 is 0 Å². The summed E-state index contributed by atoms with van der Waals surface area (Å²) in [7, 11) is 0. The molecule has 13 rings (SSSR count). The van der Waals surface area contributed by atoms with Gasteiger partial charge in [-0.25, -0.2) is 15.0 Å². The maximum atomic E-state index is 9.81. The minimum atomic E-state index is -0.0609. The van der Waals surface area contributed by atoms with Crippen LogP contribution in [0.4, 0.5) is 0 Å². The molecule has 2 heterocycles. The zero-order valence-corrected chi connectivity index (χ0v) is 32.6. The van der Waals surface area contributed by atoms with Crippen molar-refractivity contribution in [3.05, 3.63) is 174 Å². The molecule has 4 fully saturated rings. The minimum absolute atomic E-state index is 0.0609. The number of nitrogens with zero attached hydrogens (tertiary/aromatic N) is 4. The average Bonchev–Trinajstić information content (AvgIpc) is 3.68. The van der Waals surface area contributed by atoms with Gasteiger partial charge in [-0.2, -0.15) is 5.26 Å². The van der Waals surface area contributed by atoms with E-state index in [1.165, 1.54) is 54.4 Å². The van der Waals surface area contributed by atoms with Crippen LogP contribution in [0.15, 0.2) is 162 Å². The number of hydrogen-bond acceptors (Lipinski definition) is 5. The Morgan fingerprint density at radius 3 is 1.71 bits per heavy atom. The van der Waals surface area contributed by atoms with E-state index in [1.54, 1.807) is 0 Å². The average molecular weight is 761 g/mol. The van der Waals surface area contributed by atoms with E-state index in [2.05, 4.69) is 103 Å². The Kier molecular flexibility index (Phi) is 7.72. The number of rotatable bonds is 6. The van der Waals surface area contributed by atoms with Crippen LogP contribution in [0.2, 0.25) is 0 Å². The van der Waals surface area contributed by atoms with Gasteiger partial charge in [-0.1, -0.05) is 140 Å². The molecule has 0 amide bonds. The second-order valence-corrected chi connectivity index (χ2v) is 17.1. The number of aromatic nitrogens is 3. The summed E-state index contributed by atoms with van der Waals surface area (Å²) in [6.45, 7) is 0. The van der Waals surface area contributed by atoms with Crippen molar-refractivity contribution in [1.29, 1.82) is 5.26 Å². The summed E-state index contributed by atoms with van der Waals surface area (Å²) in [5, 5.41) is 14.0. The lowest BCUT2D eigenvalue weighted by Crippen LogP contribution is -2.56. The number of nitriles is 1. The largest absolute Gasteiger partial charge is 0.456 e. The maximum Gasteiger partial charge on any atom is 0.164 e. The van der Waals surface area contributed by atoms with Gasteiger partial charge in [-0.3, -0.25) is 0 Å². The third-order valence-corrected chi connectivity index (χ3v) is 14.1. The monoisotopic (exact) mass is 760 g/mol. The summed E-state index contributed by atoms with van der Waals surface area (Å²) in [6.07, 6.45) is 6.58. The Labute approximate surface area is 343 Å². The van der Waals surface area contributed by atoms with Gasteiger partial charge in [0.05, 0.1) is 11.6 Å². The number of hydrogen-bond donors (Lipinski definition) is 0. The lowest BCUT2D eigenvalue weighted by molar-refractivity contribution is -0.0418. The highest BCUT2D eigenvalue weighted by molar-refractivity contribution is 6.11. The highest BCUT2D eigenvalue weighted by atomic mass is 16.3. The van der Waals surface area contributed by atoms with Gasteiger partial charge in [0, 0.05) is 38.3 Å². The first-order valence-electron chi connectivity index (χ1n) is 21.0. The van der Waals surface area contributed by atoms with Crippen LogP contribution < -0.4 is 0 Å². The molecule has 0 atom stereocenters. The maximum absolute atomic E-state index is 9.81. The zero-order chi connectivity index (χ0) is 39.1. The molecular formula is C54H40N4O. The summed E-state index contributed by atoms with van der Waals surface area (Å²) in [5.74, 6) is 4.81. The van der Waals surface area contributed by atoms with Crippen LogP contribution in [-0.2, 0) is 5.41 Å². The minimum Gasteiger partial charge on any atom is -0.456 e. The van der Waals surface area contributed by atoms with E-state index < -0.39 is 0 Å². The summed E-state index contributed by atoms with van der Waals surface area (Å²) < 4.78 is 6.27. The van der Waals surface area contributed by atoms with Gasteiger partial charge in [0.2, 0.25) is 0 Å². The molecule has 7 aromatic carbocycles. The quantitative estimate of drug-likeness (QED) is 0.169. The van der Waals surface area contributed by atoms with Crippen LogP contribution in [-0.4, -0.2) is 15.0 Å². The topological polar surface area (TPSA) is 75.6 Å². The van der Waals surface area contributed by atoms with Crippen molar-refractivity contribution in [1.82, 2.24) is 15.0 Å². The molecule has 0 N–H and O–H groups in total. The van der Waals surface area contributed by atoms with Crippen molar-refractivity contribution in [3.63, 3.8) is 0 Å². The summed E-state index contributed by atoms with van der Waals surface area (Å²) >= 11 is 0. The van der Waals surface area contributed by atoms with Crippen LogP contribution in [0.1, 0.15) is 48.8 Å². The third-order valence-electron chi connectivity index (χ3n) is 14.1. The van der Waals surface area contributed by atoms with Crippen molar-refractivity contribution in [2.45, 2.75) is 37.5 Å². The van der Waals surface area contributed by atoms with Gasteiger partial charge >= 0.3 is 0 Å². The number of furan rings is 1. The molecule has 4 saturated carbocycles. The number of para-hydroxylation sites is 1. The molecule has 0 radical (unpaired) electrons. The smallest absolute Gasteiger partial charge is 0.164 e. The fourth-order valence-corrected chi connectivity index (χ4v) is 11.8. The van der Waals surface area contributed by atoms with Crippen LogP contribution in [0.3, 0.4) is 0 Å². The molecule has 282 valence electrons. The Balaban J connectivity index is 0.978. The Hall–Kier alpha value is -6.90. The standard InChI is InChI=1S/C54H40N4O/c55-32-38-11-6-15-45-43(13-7-14-44(38)45)35-19-23-39(24-20-35)54(41-28-33-27-34(30-41)31-42(54)29-33)40-25-21-37(22-26-40)52-56-51(36-9-2-1-3-10-36)57-53(58-52)47-16-8-18-49-50(47)46-12-4-5-17-48(46)59-49/h1-26,33-34,41-42H,27-31H2.